The van der Waals surface area contributed by atoms with Crippen LogP contribution in [0.4, 0.5) is 10.1 Å². The van der Waals surface area contributed by atoms with E-state index in [9.17, 15) is 9.18 Å². The molecule has 0 unspecified atom stereocenters. The van der Waals surface area contributed by atoms with Gasteiger partial charge in [0.25, 0.3) is 0 Å². The molecule has 0 bridgehead atoms. The summed E-state index contributed by atoms with van der Waals surface area (Å²) in [5, 5.41) is 15.7. The number of thiophene rings is 1. The maximum Gasteiger partial charge on any atom is 0.336 e. The predicted octanol–water partition coefficient (Wildman–Crippen LogP) is 3.96. The van der Waals surface area contributed by atoms with Gasteiger partial charge < -0.3 is 10.4 Å². The van der Waals surface area contributed by atoms with Crippen LogP contribution in [-0.4, -0.2) is 11.1 Å². The van der Waals surface area contributed by atoms with Crippen LogP contribution in [0, 0.1) is 5.82 Å². The van der Waals surface area contributed by atoms with Crippen molar-refractivity contribution in [1.29, 1.82) is 0 Å². The highest BCUT2D eigenvalue weighted by Crippen LogP contribution is 2.27. The monoisotopic (exact) mass is 329 g/mol. The molecule has 0 spiro atoms. The fraction of sp³-hybridized carbons (Fsp3) is 0.0833. The number of carbonyl (C=O) groups is 1. The molecule has 2 N–H and O–H groups in total. The van der Waals surface area contributed by atoms with Gasteiger partial charge >= 0.3 is 5.97 Å². The summed E-state index contributed by atoms with van der Waals surface area (Å²) in [5.41, 5.74) is 1.24. The Kier molecular flexibility index (Phi) is 3.98. The zero-order chi connectivity index (χ0) is 13.1. The minimum absolute atomic E-state index is 0.0367. The van der Waals surface area contributed by atoms with Crippen molar-refractivity contribution in [2.24, 2.45) is 0 Å². The quantitative estimate of drug-likeness (QED) is 0.892. The number of nitrogens with one attached hydrogen (secondary N) is 1. The average molecular weight is 330 g/mol. The maximum atomic E-state index is 13.9. The van der Waals surface area contributed by atoms with Gasteiger partial charge in [-0.3, -0.25) is 0 Å². The molecule has 0 atom stereocenters. The molecule has 3 nitrogen and oxygen atoms in total. The van der Waals surface area contributed by atoms with E-state index in [1.54, 1.807) is 11.3 Å². The summed E-state index contributed by atoms with van der Waals surface area (Å²) >= 11 is 4.52. The Bertz CT molecular complexity index is 572. The van der Waals surface area contributed by atoms with E-state index in [0.717, 1.165) is 5.56 Å². The van der Waals surface area contributed by atoms with Gasteiger partial charge in [-0.05, 0) is 50.5 Å². The Labute approximate surface area is 115 Å². The topological polar surface area (TPSA) is 49.3 Å². The third kappa shape index (κ3) is 2.70. The molecule has 0 saturated carbocycles. The van der Waals surface area contributed by atoms with E-state index in [1.165, 1.54) is 12.1 Å². The van der Waals surface area contributed by atoms with E-state index in [0.29, 0.717) is 6.54 Å². The van der Waals surface area contributed by atoms with Crippen LogP contribution in [0.1, 0.15) is 15.9 Å². The lowest BCUT2D eigenvalue weighted by Crippen LogP contribution is -2.04. The van der Waals surface area contributed by atoms with Crippen molar-refractivity contribution in [1.82, 2.24) is 0 Å². The van der Waals surface area contributed by atoms with Crippen LogP contribution in [0.3, 0.4) is 0 Å². The van der Waals surface area contributed by atoms with Crippen molar-refractivity contribution < 1.29 is 14.3 Å². The van der Waals surface area contributed by atoms with Crippen LogP contribution in [0.25, 0.3) is 0 Å². The highest BCUT2D eigenvalue weighted by atomic mass is 79.9. The minimum atomic E-state index is -1.16. The van der Waals surface area contributed by atoms with Gasteiger partial charge in [0, 0.05) is 6.54 Å². The summed E-state index contributed by atoms with van der Waals surface area (Å²) in [7, 11) is 0. The molecule has 1 aromatic heterocycles. The van der Waals surface area contributed by atoms with E-state index in [1.807, 2.05) is 16.8 Å². The summed E-state index contributed by atoms with van der Waals surface area (Å²) in [6.45, 7) is 0.499. The molecule has 1 heterocycles. The van der Waals surface area contributed by atoms with Gasteiger partial charge in [0.2, 0.25) is 0 Å². The zero-order valence-electron chi connectivity index (χ0n) is 9.11. The Balaban J connectivity index is 2.19. The first-order valence-corrected chi connectivity index (χ1v) is 6.79. The number of hydrogen-bond donors (Lipinski definition) is 2. The molecule has 0 aliphatic rings. The minimum Gasteiger partial charge on any atom is -0.478 e. The second kappa shape index (κ2) is 5.49. The second-order valence-corrected chi connectivity index (χ2v) is 5.15. The molecule has 2 aromatic rings. The first-order chi connectivity index (χ1) is 8.59. The second-order valence-electron chi connectivity index (χ2n) is 3.58. The predicted molar refractivity (Wildman–Crippen MR) is 72.7 cm³/mol. The van der Waals surface area contributed by atoms with Crippen LogP contribution in [0.2, 0.25) is 0 Å². The van der Waals surface area contributed by atoms with Crippen molar-refractivity contribution in [2.75, 3.05) is 5.32 Å². The first kappa shape index (κ1) is 13.0. The average Bonchev–Trinajstić information content (AvgIpc) is 2.83. The molecular weight excluding hydrogens is 321 g/mol. The lowest BCUT2D eigenvalue weighted by Gasteiger charge is -2.09. The van der Waals surface area contributed by atoms with Crippen LogP contribution in [0.5, 0.6) is 0 Å². The van der Waals surface area contributed by atoms with Gasteiger partial charge in [-0.25, -0.2) is 9.18 Å². The van der Waals surface area contributed by atoms with Crippen molar-refractivity contribution in [3.05, 3.63) is 50.4 Å². The number of rotatable bonds is 4. The van der Waals surface area contributed by atoms with Gasteiger partial charge in [0.05, 0.1) is 15.7 Å². The summed E-state index contributed by atoms with van der Waals surface area (Å²) in [6.07, 6.45) is 0. The molecule has 0 radical (unpaired) electrons. The van der Waals surface area contributed by atoms with Gasteiger partial charge in [0.15, 0.2) is 5.82 Å². The number of carboxylic acid groups (broad SMARTS) is 1. The van der Waals surface area contributed by atoms with E-state index in [-0.39, 0.29) is 15.7 Å². The number of hydrogen-bond acceptors (Lipinski definition) is 3. The molecule has 6 heteroatoms. The molecule has 2 rings (SSSR count). The molecule has 0 saturated heterocycles. The number of carboxylic acids is 1. The Morgan fingerprint density at radius 2 is 2.22 bits per heavy atom. The van der Waals surface area contributed by atoms with E-state index >= 15 is 0 Å². The van der Waals surface area contributed by atoms with Crippen LogP contribution < -0.4 is 5.32 Å². The van der Waals surface area contributed by atoms with Gasteiger partial charge in [-0.2, -0.15) is 11.3 Å². The van der Waals surface area contributed by atoms with E-state index in [4.69, 9.17) is 5.11 Å². The molecule has 94 valence electrons. The standard InChI is InChI=1S/C12H9BrFNO2S/c13-10-8(12(16)17)1-2-9(11(10)14)15-5-7-3-4-18-6-7/h1-4,6,15H,5H2,(H,16,17). The SMILES string of the molecule is O=C(O)c1ccc(NCc2ccsc2)c(F)c1Br. The van der Waals surface area contributed by atoms with Crippen molar-refractivity contribution in [3.63, 3.8) is 0 Å². The fourth-order valence-electron chi connectivity index (χ4n) is 1.44. The number of aromatic carboxylic acids is 1. The molecule has 0 amide bonds. The lowest BCUT2D eigenvalue weighted by atomic mass is 10.2. The normalized spacial score (nSPS) is 10.3. The largest absolute Gasteiger partial charge is 0.478 e. The van der Waals surface area contributed by atoms with Crippen LogP contribution in [-0.2, 0) is 6.54 Å². The Hall–Kier alpha value is -1.40. The highest BCUT2D eigenvalue weighted by molar-refractivity contribution is 9.10. The molecule has 0 fully saturated rings. The molecular formula is C12H9BrFNO2S. The van der Waals surface area contributed by atoms with Gasteiger partial charge in [-0.1, -0.05) is 0 Å². The van der Waals surface area contributed by atoms with Crippen molar-refractivity contribution >= 4 is 38.9 Å². The maximum absolute atomic E-state index is 13.9. The van der Waals surface area contributed by atoms with Gasteiger partial charge in [-0.15, -0.1) is 0 Å². The molecule has 0 aliphatic heterocycles. The Morgan fingerprint density at radius 1 is 1.44 bits per heavy atom. The first-order valence-electron chi connectivity index (χ1n) is 5.06. The third-order valence-electron chi connectivity index (χ3n) is 2.38. The summed E-state index contributed by atoms with van der Waals surface area (Å²) in [6, 6.07) is 4.73. The zero-order valence-corrected chi connectivity index (χ0v) is 11.5. The molecule has 18 heavy (non-hydrogen) atoms. The highest BCUT2D eigenvalue weighted by Gasteiger charge is 2.15. The summed E-state index contributed by atoms with van der Waals surface area (Å²) in [5.74, 6) is -1.75. The fourth-order valence-corrected chi connectivity index (χ4v) is 2.63. The molecule has 1 aromatic carbocycles. The number of halogens is 2. The summed E-state index contributed by atoms with van der Waals surface area (Å²) < 4.78 is 13.8. The summed E-state index contributed by atoms with van der Waals surface area (Å²) in [4.78, 5) is 10.8. The van der Waals surface area contributed by atoms with Gasteiger partial charge in [0.1, 0.15) is 0 Å². The molecule has 0 aliphatic carbocycles. The van der Waals surface area contributed by atoms with Crippen LogP contribution in [0.15, 0.2) is 33.4 Å². The smallest absolute Gasteiger partial charge is 0.336 e. The number of benzene rings is 1. The van der Waals surface area contributed by atoms with E-state index < -0.39 is 11.8 Å². The van der Waals surface area contributed by atoms with Crippen molar-refractivity contribution in [2.45, 2.75) is 6.54 Å². The van der Waals surface area contributed by atoms with Crippen molar-refractivity contribution in [3.8, 4) is 0 Å². The van der Waals surface area contributed by atoms with Crippen LogP contribution >= 0.6 is 27.3 Å². The third-order valence-corrected chi connectivity index (χ3v) is 3.88. The number of anilines is 1. The van der Waals surface area contributed by atoms with E-state index in [2.05, 4.69) is 21.2 Å². The Morgan fingerprint density at radius 3 is 2.83 bits per heavy atom. The lowest BCUT2D eigenvalue weighted by molar-refractivity contribution is 0.0695.